The van der Waals surface area contributed by atoms with Crippen LogP contribution in [0.5, 0.6) is 11.5 Å². The van der Waals surface area contributed by atoms with E-state index in [4.69, 9.17) is 18.7 Å². The largest absolute Gasteiger partial charge is 0.489 e. The molecule has 0 atom stereocenters. The lowest BCUT2D eigenvalue weighted by atomic mass is 10.0. The van der Waals surface area contributed by atoms with E-state index in [1.807, 2.05) is 80.6 Å². The van der Waals surface area contributed by atoms with Gasteiger partial charge in [-0.3, -0.25) is 0 Å². The van der Waals surface area contributed by atoms with Gasteiger partial charge in [0.05, 0.1) is 18.2 Å². The van der Waals surface area contributed by atoms with E-state index in [0.717, 1.165) is 61.7 Å². The summed E-state index contributed by atoms with van der Waals surface area (Å²) in [5, 5.41) is 5.25. The highest BCUT2D eigenvalue weighted by Crippen LogP contribution is 2.29. The van der Waals surface area contributed by atoms with Gasteiger partial charge in [-0.2, -0.15) is 0 Å². The molecule has 0 unspecified atom stereocenters. The zero-order valence-corrected chi connectivity index (χ0v) is 23.4. The molecule has 2 heterocycles. The molecule has 0 radical (unpaired) electrons. The highest BCUT2D eigenvalue weighted by molar-refractivity contribution is 5.92. The molecule has 0 amide bonds. The summed E-state index contributed by atoms with van der Waals surface area (Å²) >= 11 is 0. The van der Waals surface area contributed by atoms with E-state index in [2.05, 4.69) is 24.0 Å². The van der Waals surface area contributed by atoms with Gasteiger partial charge in [-0.05, 0) is 66.4 Å². The van der Waals surface area contributed by atoms with E-state index in [-0.39, 0.29) is 11.6 Å². The number of nitrogens with zero attached hydrogens (tertiary/aromatic N) is 2. The lowest BCUT2D eigenvalue weighted by molar-refractivity contribution is 0.0594. The normalized spacial score (nSPS) is 11.2. The van der Waals surface area contributed by atoms with Crippen LogP contribution in [0, 0.1) is 13.8 Å². The molecule has 7 heteroatoms. The lowest BCUT2D eigenvalue weighted by Gasteiger charge is -2.13. The Morgan fingerprint density at radius 3 is 2.30 bits per heavy atom. The van der Waals surface area contributed by atoms with Gasteiger partial charge in [0.2, 0.25) is 0 Å². The Balaban J connectivity index is 1.30. The fourth-order valence-corrected chi connectivity index (χ4v) is 4.67. The number of esters is 1. The maximum Gasteiger partial charge on any atom is 0.356 e. The summed E-state index contributed by atoms with van der Waals surface area (Å²) in [6, 6.07) is 23.5. The number of rotatable bonds is 9. The maximum absolute atomic E-state index is 11.8. The number of fused-ring (bicyclic) bond motifs is 1. The van der Waals surface area contributed by atoms with Crippen LogP contribution in [0.15, 0.2) is 77.3 Å². The number of carbonyl (C=O) groups excluding carboxylic acids is 1. The third kappa shape index (κ3) is 5.69. The standard InChI is InChI=1S/C33H32N2O5/c1-20(2)31-27(30(35-40-31)19-39-32-21(3)7-6-8-22(32)4)18-38-26-13-9-23(10-14-26)24-11-15-28-25(17-24)12-16-29(34-28)33(36)37-5/h6-17,20H,18-19H2,1-5H3. The fourth-order valence-electron chi connectivity index (χ4n) is 4.67. The van der Waals surface area contributed by atoms with E-state index in [1.54, 1.807) is 6.07 Å². The molecule has 5 aromatic rings. The molecule has 0 spiro atoms. The van der Waals surface area contributed by atoms with E-state index in [9.17, 15) is 4.79 Å². The van der Waals surface area contributed by atoms with E-state index >= 15 is 0 Å². The Morgan fingerprint density at radius 1 is 0.875 bits per heavy atom. The Kier molecular flexibility index (Phi) is 7.82. The molecular weight excluding hydrogens is 504 g/mol. The molecule has 0 saturated carbocycles. The van der Waals surface area contributed by atoms with E-state index < -0.39 is 5.97 Å². The summed E-state index contributed by atoms with van der Waals surface area (Å²) in [5.41, 5.74) is 6.93. The van der Waals surface area contributed by atoms with Crippen molar-refractivity contribution in [3.05, 3.63) is 107 Å². The van der Waals surface area contributed by atoms with Gasteiger partial charge in [0, 0.05) is 11.3 Å². The molecule has 0 bridgehead atoms. The smallest absolute Gasteiger partial charge is 0.356 e. The summed E-state index contributed by atoms with van der Waals surface area (Å²) in [4.78, 5) is 16.2. The van der Waals surface area contributed by atoms with Crippen LogP contribution >= 0.6 is 0 Å². The first-order valence-electron chi connectivity index (χ1n) is 13.2. The molecule has 0 fully saturated rings. The van der Waals surface area contributed by atoms with Crippen LogP contribution in [0.3, 0.4) is 0 Å². The first kappa shape index (κ1) is 26.9. The zero-order valence-electron chi connectivity index (χ0n) is 23.4. The second-order valence-electron chi connectivity index (χ2n) is 10.0. The first-order valence-corrected chi connectivity index (χ1v) is 13.2. The number of hydrogen-bond donors (Lipinski definition) is 0. The van der Waals surface area contributed by atoms with Crippen LogP contribution < -0.4 is 9.47 Å². The average molecular weight is 537 g/mol. The van der Waals surface area contributed by atoms with Crippen LogP contribution in [0.1, 0.15) is 58.4 Å². The average Bonchev–Trinajstić information content (AvgIpc) is 3.38. The van der Waals surface area contributed by atoms with Crippen LogP contribution in [-0.4, -0.2) is 23.2 Å². The number of aromatic nitrogens is 2. The van der Waals surface area contributed by atoms with Gasteiger partial charge in [0.1, 0.15) is 41.9 Å². The third-order valence-electron chi connectivity index (χ3n) is 6.84. The number of benzene rings is 3. The van der Waals surface area contributed by atoms with Crippen molar-refractivity contribution in [2.24, 2.45) is 0 Å². The van der Waals surface area contributed by atoms with Crippen LogP contribution in [0.2, 0.25) is 0 Å². The Bertz CT molecular complexity index is 1630. The number of para-hydroxylation sites is 1. The minimum Gasteiger partial charge on any atom is -0.489 e. The van der Waals surface area contributed by atoms with Crippen molar-refractivity contribution in [2.45, 2.75) is 46.8 Å². The minimum atomic E-state index is -0.450. The minimum absolute atomic E-state index is 0.161. The van der Waals surface area contributed by atoms with Crippen molar-refractivity contribution in [3.63, 3.8) is 0 Å². The second kappa shape index (κ2) is 11.6. The van der Waals surface area contributed by atoms with Crippen LogP contribution in [-0.2, 0) is 18.0 Å². The summed E-state index contributed by atoms with van der Waals surface area (Å²) in [6.45, 7) is 8.85. The SMILES string of the molecule is COC(=O)c1ccc2cc(-c3ccc(OCc4c(COc5c(C)cccc5C)noc4C(C)C)cc3)ccc2n1. The fraction of sp³-hybridized carbons (Fsp3) is 0.242. The molecule has 5 rings (SSSR count). The van der Waals surface area contributed by atoms with Crippen molar-refractivity contribution >= 4 is 16.9 Å². The van der Waals surface area contributed by atoms with Gasteiger partial charge in [-0.15, -0.1) is 0 Å². The molecular formula is C33H32N2O5. The van der Waals surface area contributed by atoms with Crippen molar-refractivity contribution in [2.75, 3.05) is 7.11 Å². The van der Waals surface area contributed by atoms with Gasteiger partial charge in [0.25, 0.3) is 0 Å². The molecule has 0 aliphatic heterocycles. The molecule has 0 aliphatic carbocycles. The maximum atomic E-state index is 11.8. The second-order valence-corrected chi connectivity index (χ2v) is 10.0. The Labute approximate surface area is 233 Å². The molecule has 0 saturated heterocycles. The number of carbonyl (C=O) groups is 1. The molecule has 7 nitrogen and oxygen atoms in total. The first-order chi connectivity index (χ1) is 19.3. The van der Waals surface area contributed by atoms with Crippen molar-refractivity contribution in [1.29, 1.82) is 0 Å². The number of ether oxygens (including phenoxy) is 3. The van der Waals surface area contributed by atoms with E-state index in [1.165, 1.54) is 7.11 Å². The topological polar surface area (TPSA) is 83.7 Å². The number of aryl methyl sites for hydroxylation is 2. The van der Waals surface area contributed by atoms with Crippen LogP contribution in [0.25, 0.3) is 22.0 Å². The number of methoxy groups -OCH3 is 1. The molecule has 0 N–H and O–H groups in total. The quantitative estimate of drug-likeness (QED) is 0.180. The highest BCUT2D eigenvalue weighted by atomic mass is 16.5. The summed E-state index contributed by atoms with van der Waals surface area (Å²) in [5.74, 6) is 2.12. The molecule has 0 aliphatic rings. The molecule has 3 aromatic carbocycles. The number of pyridine rings is 1. The van der Waals surface area contributed by atoms with Gasteiger partial charge in [0.15, 0.2) is 0 Å². The predicted molar refractivity (Wildman–Crippen MR) is 154 cm³/mol. The molecule has 204 valence electrons. The Morgan fingerprint density at radius 2 is 1.60 bits per heavy atom. The predicted octanol–water partition coefficient (Wildman–Crippen LogP) is 7.57. The van der Waals surface area contributed by atoms with E-state index in [0.29, 0.717) is 13.2 Å². The summed E-state index contributed by atoms with van der Waals surface area (Å²) < 4.78 is 22.8. The van der Waals surface area contributed by atoms with Gasteiger partial charge in [-0.1, -0.05) is 61.5 Å². The van der Waals surface area contributed by atoms with Gasteiger partial charge in [-0.25, -0.2) is 9.78 Å². The van der Waals surface area contributed by atoms with Crippen LogP contribution in [0.4, 0.5) is 0 Å². The molecule has 2 aromatic heterocycles. The summed E-state index contributed by atoms with van der Waals surface area (Å²) in [7, 11) is 1.35. The monoisotopic (exact) mass is 536 g/mol. The third-order valence-corrected chi connectivity index (χ3v) is 6.84. The highest BCUT2D eigenvalue weighted by Gasteiger charge is 2.20. The van der Waals surface area contributed by atoms with Crippen molar-refractivity contribution in [3.8, 4) is 22.6 Å². The lowest BCUT2D eigenvalue weighted by Crippen LogP contribution is -2.06. The number of hydrogen-bond acceptors (Lipinski definition) is 7. The van der Waals surface area contributed by atoms with Gasteiger partial charge >= 0.3 is 5.97 Å². The molecule has 40 heavy (non-hydrogen) atoms. The Hall–Kier alpha value is -4.65. The van der Waals surface area contributed by atoms with Gasteiger partial charge < -0.3 is 18.7 Å². The van der Waals surface area contributed by atoms with Crippen molar-refractivity contribution < 1.29 is 23.5 Å². The van der Waals surface area contributed by atoms with Crippen molar-refractivity contribution in [1.82, 2.24) is 10.1 Å². The zero-order chi connectivity index (χ0) is 28.2. The summed E-state index contributed by atoms with van der Waals surface area (Å²) in [6.07, 6.45) is 0.